The van der Waals surface area contributed by atoms with Crippen LogP contribution in [0.4, 0.5) is 10.8 Å². The lowest BCUT2D eigenvalue weighted by Gasteiger charge is -2.26. The van der Waals surface area contributed by atoms with Crippen molar-refractivity contribution in [1.82, 2.24) is 15.1 Å². The summed E-state index contributed by atoms with van der Waals surface area (Å²) in [7, 11) is 0. The van der Waals surface area contributed by atoms with Crippen molar-refractivity contribution in [3.05, 3.63) is 34.8 Å². The third kappa shape index (κ3) is 5.84. The van der Waals surface area contributed by atoms with Crippen LogP contribution in [0.5, 0.6) is 0 Å². The average Bonchev–Trinajstić information content (AvgIpc) is 3.61. The fourth-order valence-corrected chi connectivity index (χ4v) is 6.29. The number of carbonyl (C=O) groups excluding carboxylic acids is 2. The Labute approximate surface area is 205 Å². The summed E-state index contributed by atoms with van der Waals surface area (Å²) >= 11 is 1.46. The number of nitrogens with zero attached hydrogens (tertiary/aromatic N) is 4. The topological polar surface area (TPSA) is 78.4 Å². The zero-order chi connectivity index (χ0) is 23.3. The van der Waals surface area contributed by atoms with Gasteiger partial charge in [-0.05, 0) is 56.0 Å². The van der Waals surface area contributed by atoms with Crippen molar-refractivity contribution >= 4 is 34.0 Å². The molecule has 1 unspecified atom stereocenters. The number of carbonyl (C=O) groups is 2. The highest BCUT2D eigenvalue weighted by molar-refractivity contribution is 7.15. The van der Waals surface area contributed by atoms with E-state index in [0.717, 1.165) is 36.0 Å². The van der Waals surface area contributed by atoms with Gasteiger partial charge in [0.05, 0.1) is 5.92 Å². The van der Waals surface area contributed by atoms with Crippen molar-refractivity contribution in [2.45, 2.75) is 70.8 Å². The van der Waals surface area contributed by atoms with Gasteiger partial charge in [0.2, 0.25) is 16.9 Å². The van der Waals surface area contributed by atoms with Gasteiger partial charge in [-0.15, -0.1) is 10.2 Å². The number of anilines is 2. The van der Waals surface area contributed by atoms with E-state index in [1.807, 2.05) is 12.1 Å². The Kier molecular flexibility index (Phi) is 7.54. The van der Waals surface area contributed by atoms with Gasteiger partial charge in [0, 0.05) is 31.6 Å². The molecule has 0 spiro atoms. The summed E-state index contributed by atoms with van der Waals surface area (Å²) < 4.78 is 0. The lowest BCUT2D eigenvalue weighted by atomic mass is 10.0. The zero-order valence-corrected chi connectivity index (χ0v) is 20.7. The van der Waals surface area contributed by atoms with Gasteiger partial charge in [-0.3, -0.25) is 14.5 Å². The SMILES string of the molecule is O=C(Nc1nnc(CCC2CCCC2)s1)C1CC(=O)N(c2ccc(CN3CCCCC3)cc2)C1. The van der Waals surface area contributed by atoms with Crippen LogP contribution in [0.2, 0.25) is 0 Å². The second-order valence-corrected chi connectivity index (χ2v) is 11.2. The number of aromatic nitrogens is 2. The molecule has 1 aromatic carbocycles. The summed E-state index contributed by atoms with van der Waals surface area (Å²) in [6.07, 6.45) is 11.6. The van der Waals surface area contributed by atoms with Crippen LogP contribution in [0, 0.1) is 11.8 Å². The van der Waals surface area contributed by atoms with E-state index in [-0.39, 0.29) is 24.2 Å². The molecular weight excluding hydrogens is 446 g/mol. The van der Waals surface area contributed by atoms with E-state index in [4.69, 9.17) is 0 Å². The van der Waals surface area contributed by atoms with Gasteiger partial charge in [-0.2, -0.15) is 0 Å². The van der Waals surface area contributed by atoms with Gasteiger partial charge in [0.1, 0.15) is 5.01 Å². The Hall–Kier alpha value is -2.32. The molecule has 2 saturated heterocycles. The van der Waals surface area contributed by atoms with E-state index in [1.54, 1.807) is 4.90 Å². The maximum atomic E-state index is 12.8. The second kappa shape index (κ2) is 11.0. The summed E-state index contributed by atoms with van der Waals surface area (Å²) in [5.41, 5.74) is 2.14. The molecule has 1 atom stereocenters. The van der Waals surface area contributed by atoms with Crippen molar-refractivity contribution in [2.75, 3.05) is 29.9 Å². The number of benzene rings is 1. The van der Waals surface area contributed by atoms with Crippen molar-refractivity contribution in [3.8, 4) is 0 Å². The maximum absolute atomic E-state index is 12.8. The minimum absolute atomic E-state index is 0.00144. The van der Waals surface area contributed by atoms with Gasteiger partial charge in [-0.25, -0.2) is 0 Å². The first-order valence-corrected chi connectivity index (χ1v) is 13.7. The van der Waals surface area contributed by atoms with E-state index in [9.17, 15) is 9.59 Å². The number of amides is 2. The molecule has 3 heterocycles. The standard InChI is InChI=1S/C26H35N5O2S/c32-24-16-21(25(33)27-26-29-28-23(34-26)13-10-19-6-2-3-7-19)18-31(24)22-11-8-20(9-12-22)17-30-14-4-1-5-15-30/h8-9,11-12,19,21H,1-7,10,13-18H2,(H,27,29,33). The van der Waals surface area contributed by atoms with E-state index in [2.05, 4.69) is 32.5 Å². The van der Waals surface area contributed by atoms with Crippen molar-refractivity contribution in [2.24, 2.45) is 11.8 Å². The highest BCUT2D eigenvalue weighted by Gasteiger charge is 2.35. The summed E-state index contributed by atoms with van der Waals surface area (Å²) in [5.74, 6) is 0.303. The Morgan fingerprint density at radius 3 is 2.56 bits per heavy atom. The normalized spacial score (nSPS) is 21.9. The molecule has 3 aliphatic rings. The predicted octanol–water partition coefficient (Wildman–Crippen LogP) is 4.64. The highest BCUT2D eigenvalue weighted by atomic mass is 32.1. The molecular formula is C26H35N5O2S. The monoisotopic (exact) mass is 481 g/mol. The minimum atomic E-state index is -0.369. The molecule has 8 heteroatoms. The molecule has 5 rings (SSSR count). The van der Waals surface area contributed by atoms with Crippen LogP contribution in [-0.2, 0) is 22.6 Å². The van der Waals surface area contributed by atoms with Crippen LogP contribution in [0.15, 0.2) is 24.3 Å². The molecule has 182 valence electrons. The first-order valence-electron chi connectivity index (χ1n) is 12.9. The molecule has 1 aromatic heterocycles. The number of hydrogen-bond donors (Lipinski definition) is 1. The number of piperidine rings is 1. The molecule has 2 aromatic rings. The third-order valence-corrected chi connectivity index (χ3v) is 8.44. The highest BCUT2D eigenvalue weighted by Crippen LogP contribution is 2.30. The Morgan fingerprint density at radius 1 is 1.03 bits per heavy atom. The largest absolute Gasteiger partial charge is 0.312 e. The van der Waals surface area contributed by atoms with E-state index in [0.29, 0.717) is 11.7 Å². The summed E-state index contributed by atoms with van der Waals surface area (Å²) in [5, 5.41) is 12.8. The molecule has 1 saturated carbocycles. The lowest BCUT2D eigenvalue weighted by molar-refractivity contribution is -0.122. The number of aryl methyl sites for hydroxylation is 1. The Morgan fingerprint density at radius 2 is 1.79 bits per heavy atom. The molecule has 2 amide bonds. The molecule has 7 nitrogen and oxygen atoms in total. The average molecular weight is 482 g/mol. The number of nitrogens with one attached hydrogen (secondary N) is 1. The van der Waals surface area contributed by atoms with Crippen LogP contribution in [0.3, 0.4) is 0 Å². The van der Waals surface area contributed by atoms with Crippen molar-refractivity contribution in [1.29, 1.82) is 0 Å². The van der Waals surface area contributed by atoms with Crippen LogP contribution < -0.4 is 10.2 Å². The maximum Gasteiger partial charge on any atom is 0.231 e. The van der Waals surface area contributed by atoms with Crippen LogP contribution in [0.25, 0.3) is 0 Å². The first kappa shape index (κ1) is 23.4. The number of rotatable bonds is 8. The fraction of sp³-hybridized carbons (Fsp3) is 0.615. The van der Waals surface area contributed by atoms with Crippen LogP contribution in [0.1, 0.15) is 68.4 Å². The predicted molar refractivity (Wildman–Crippen MR) is 135 cm³/mol. The Balaban J connectivity index is 1.12. The number of likely N-dealkylation sites (tertiary alicyclic amines) is 1. The van der Waals surface area contributed by atoms with E-state index >= 15 is 0 Å². The zero-order valence-electron chi connectivity index (χ0n) is 19.9. The van der Waals surface area contributed by atoms with Gasteiger partial charge in [0.25, 0.3) is 0 Å². The third-order valence-electron chi connectivity index (χ3n) is 7.54. The molecule has 34 heavy (non-hydrogen) atoms. The van der Waals surface area contributed by atoms with Gasteiger partial charge in [0.15, 0.2) is 0 Å². The van der Waals surface area contributed by atoms with Gasteiger partial charge in [-0.1, -0.05) is 55.6 Å². The van der Waals surface area contributed by atoms with Gasteiger partial charge < -0.3 is 10.2 Å². The smallest absolute Gasteiger partial charge is 0.231 e. The van der Waals surface area contributed by atoms with Crippen molar-refractivity contribution < 1.29 is 9.59 Å². The van der Waals surface area contributed by atoms with E-state index < -0.39 is 0 Å². The minimum Gasteiger partial charge on any atom is -0.312 e. The molecule has 1 aliphatic carbocycles. The molecule has 0 radical (unpaired) electrons. The fourth-order valence-electron chi connectivity index (χ4n) is 5.53. The molecule has 0 bridgehead atoms. The summed E-state index contributed by atoms with van der Waals surface area (Å²) in [6.45, 7) is 3.70. The van der Waals surface area contributed by atoms with Crippen LogP contribution in [-0.4, -0.2) is 46.5 Å². The first-order chi connectivity index (χ1) is 16.6. The summed E-state index contributed by atoms with van der Waals surface area (Å²) in [6, 6.07) is 8.25. The van der Waals surface area contributed by atoms with Gasteiger partial charge >= 0.3 is 0 Å². The second-order valence-electron chi connectivity index (χ2n) is 10.1. The van der Waals surface area contributed by atoms with E-state index in [1.165, 1.54) is 74.9 Å². The lowest BCUT2D eigenvalue weighted by Crippen LogP contribution is -2.29. The number of hydrogen-bond acceptors (Lipinski definition) is 6. The molecule has 3 fully saturated rings. The molecule has 1 N–H and O–H groups in total. The summed E-state index contributed by atoms with van der Waals surface area (Å²) in [4.78, 5) is 29.7. The molecule has 2 aliphatic heterocycles. The Bertz CT molecular complexity index is 979. The van der Waals surface area contributed by atoms with Crippen LogP contribution >= 0.6 is 11.3 Å². The van der Waals surface area contributed by atoms with Crippen molar-refractivity contribution in [3.63, 3.8) is 0 Å². The quantitative estimate of drug-likeness (QED) is 0.594.